The van der Waals surface area contributed by atoms with E-state index in [1.807, 2.05) is 17.8 Å². The zero-order valence-corrected chi connectivity index (χ0v) is 10.7. The smallest absolute Gasteiger partial charge is 0.202 e. The van der Waals surface area contributed by atoms with E-state index < -0.39 is 0 Å². The molecule has 0 saturated heterocycles. The van der Waals surface area contributed by atoms with Gasteiger partial charge in [0.2, 0.25) is 5.95 Å². The Kier molecular flexibility index (Phi) is 4.30. The molecule has 0 aliphatic rings. The Morgan fingerprint density at radius 3 is 3.00 bits per heavy atom. The van der Waals surface area contributed by atoms with Crippen LogP contribution in [0.4, 0.5) is 5.95 Å². The normalized spacial score (nSPS) is 10.8. The first kappa shape index (κ1) is 12.6. The molecule has 0 aliphatic heterocycles. The number of aryl methyl sites for hydroxylation is 3. The predicted octanol–water partition coefficient (Wildman–Crippen LogP) is 0.313. The summed E-state index contributed by atoms with van der Waals surface area (Å²) in [6, 6.07) is 0. The fourth-order valence-electron chi connectivity index (χ4n) is 1.64. The van der Waals surface area contributed by atoms with E-state index in [0.717, 1.165) is 31.3 Å². The molecule has 0 spiro atoms. The minimum Gasteiger partial charge on any atom is -0.383 e. The van der Waals surface area contributed by atoms with Crippen molar-refractivity contribution in [1.29, 1.82) is 0 Å². The van der Waals surface area contributed by atoms with Crippen LogP contribution in [0.1, 0.15) is 5.82 Å². The average molecular weight is 250 g/mol. The summed E-state index contributed by atoms with van der Waals surface area (Å²) in [4.78, 5) is 8.45. The minimum absolute atomic E-state index is 0.661. The summed E-state index contributed by atoms with van der Waals surface area (Å²) >= 11 is 0. The highest BCUT2D eigenvalue weighted by Gasteiger charge is 2.04. The summed E-state index contributed by atoms with van der Waals surface area (Å²) in [7, 11) is 3.55. The minimum atomic E-state index is 0.661. The molecular formula is C11H18N6O. The highest BCUT2D eigenvalue weighted by molar-refractivity contribution is 5.25. The van der Waals surface area contributed by atoms with Crippen LogP contribution in [-0.4, -0.2) is 44.6 Å². The topological polar surface area (TPSA) is 69.8 Å². The summed E-state index contributed by atoms with van der Waals surface area (Å²) < 4.78 is 8.75. The van der Waals surface area contributed by atoms with Crippen molar-refractivity contribution in [3.05, 3.63) is 24.5 Å². The maximum Gasteiger partial charge on any atom is 0.202 e. The molecule has 7 nitrogen and oxygen atoms in total. The Labute approximate surface area is 106 Å². The molecule has 7 heteroatoms. The van der Waals surface area contributed by atoms with Crippen molar-refractivity contribution >= 4 is 5.95 Å². The standard InChI is InChI=1S/C11H18N6O/c1-16-9-14-10(15-16)3-6-17-7-4-12-11(17)13-5-8-18-2/h4,7,9H,3,5-6,8H2,1-2H3,(H,12,13). The number of aromatic nitrogens is 5. The van der Waals surface area contributed by atoms with Crippen LogP contribution in [0.15, 0.2) is 18.7 Å². The van der Waals surface area contributed by atoms with Crippen molar-refractivity contribution in [3.63, 3.8) is 0 Å². The molecule has 0 bridgehead atoms. The number of hydrogen-bond donors (Lipinski definition) is 1. The summed E-state index contributed by atoms with van der Waals surface area (Å²) in [5, 5.41) is 7.46. The number of nitrogens with one attached hydrogen (secondary N) is 1. The fraction of sp³-hybridized carbons (Fsp3) is 0.545. The van der Waals surface area contributed by atoms with Gasteiger partial charge < -0.3 is 14.6 Å². The summed E-state index contributed by atoms with van der Waals surface area (Å²) in [6.45, 7) is 2.21. The highest BCUT2D eigenvalue weighted by atomic mass is 16.5. The largest absolute Gasteiger partial charge is 0.383 e. The molecule has 0 aromatic carbocycles. The van der Waals surface area contributed by atoms with Gasteiger partial charge in [0.15, 0.2) is 5.82 Å². The predicted molar refractivity (Wildman–Crippen MR) is 67.3 cm³/mol. The average Bonchev–Trinajstić information content (AvgIpc) is 2.96. The Balaban J connectivity index is 1.87. The molecule has 0 amide bonds. The van der Waals surface area contributed by atoms with Crippen LogP contribution in [0.2, 0.25) is 0 Å². The lowest BCUT2D eigenvalue weighted by atomic mass is 10.4. The summed E-state index contributed by atoms with van der Waals surface area (Å²) in [6.07, 6.45) is 6.22. The molecule has 2 heterocycles. The molecular weight excluding hydrogens is 232 g/mol. The SMILES string of the molecule is COCCNc1nccn1CCc1ncn(C)n1. The number of nitrogens with zero attached hydrogens (tertiary/aromatic N) is 5. The molecule has 18 heavy (non-hydrogen) atoms. The van der Waals surface area contributed by atoms with E-state index in [1.165, 1.54) is 0 Å². The monoisotopic (exact) mass is 250 g/mol. The molecule has 98 valence electrons. The third-order valence-electron chi connectivity index (χ3n) is 2.53. The van der Waals surface area contributed by atoms with Crippen LogP contribution in [0, 0.1) is 0 Å². The lowest BCUT2D eigenvalue weighted by Crippen LogP contribution is -2.13. The van der Waals surface area contributed by atoms with Gasteiger partial charge in [0, 0.05) is 46.1 Å². The first-order valence-electron chi connectivity index (χ1n) is 5.88. The third kappa shape index (κ3) is 3.30. The quantitative estimate of drug-likeness (QED) is 0.716. The molecule has 0 saturated carbocycles. The van der Waals surface area contributed by atoms with Crippen molar-refractivity contribution < 1.29 is 4.74 Å². The summed E-state index contributed by atoms with van der Waals surface area (Å²) in [5.41, 5.74) is 0. The highest BCUT2D eigenvalue weighted by Crippen LogP contribution is 2.05. The van der Waals surface area contributed by atoms with Gasteiger partial charge in [-0.15, -0.1) is 0 Å². The van der Waals surface area contributed by atoms with Gasteiger partial charge in [-0.3, -0.25) is 4.68 Å². The maximum atomic E-state index is 4.99. The second-order valence-electron chi connectivity index (χ2n) is 3.95. The van der Waals surface area contributed by atoms with Crippen LogP contribution >= 0.6 is 0 Å². The third-order valence-corrected chi connectivity index (χ3v) is 2.53. The molecule has 0 fully saturated rings. The van der Waals surface area contributed by atoms with Crippen LogP contribution in [-0.2, 0) is 24.8 Å². The fourth-order valence-corrected chi connectivity index (χ4v) is 1.64. The van der Waals surface area contributed by atoms with E-state index in [-0.39, 0.29) is 0 Å². The Bertz CT molecular complexity index is 477. The Morgan fingerprint density at radius 2 is 2.28 bits per heavy atom. The number of rotatable bonds is 7. The van der Waals surface area contributed by atoms with E-state index in [1.54, 1.807) is 24.3 Å². The van der Waals surface area contributed by atoms with Crippen LogP contribution in [0.3, 0.4) is 0 Å². The van der Waals surface area contributed by atoms with Gasteiger partial charge in [-0.05, 0) is 0 Å². The molecule has 2 rings (SSSR count). The van der Waals surface area contributed by atoms with Crippen molar-refractivity contribution in [3.8, 4) is 0 Å². The first-order chi connectivity index (χ1) is 8.79. The van der Waals surface area contributed by atoms with Gasteiger partial charge in [0.25, 0.3) is 0 Å². The second-order valence-corrected chi connectivity index (χ2v) is 3.95. The second kappa shape index (κ2) is 6.15. The Morgan fingerprint density at radius 1 is 1.39 bits per heavy atom. The van der Waals surface area contributed by atoms with E-state index in [9.17, 15) is 0 Å². The molecule has 0 aliphatic carbocycles. The van der Waals surface area contributed by atoms with Crippen molar-refractivity contribution in [1.82, 2.24) is 24.3 Å². The van der Waals surface area contributed by atoms with Gasteiger partial charge >= 0.3 is 0 Å². The van der Waals surface area contributed by atoms with Crippen LogP contribution in [0.25, 0.3) is 0 Å². The van der Waals surface area contributed by atoms with E-state index >= 15 is 0 Å². The molecule has 2 aromatic heterocycles. The summed E-state index contributed by atoms with van der Waals surface area (Å²) in [5.74, 6) is 1.69. The number of ether oxygens (including phenoxy) is 1. The van der Waals surface area contributed by atoms with Gasteiger partial charge in [-0.1, -0.05) is 0 Å². The van der Waals surface area contributed by atoms with Crippen LogP contribution in [0.5, 0.6) is 0 Å². The lowest BCUT2D eigenvalue weighted by Gasteiger charge is -2.08. The number of hydrogen-bond acceptors (Lipinski definition) is 5. The molecule has 1 N–H and O–H groups in total. The number of imidazole rings is 1. The lowest BCUT2D eigenvalue weighted by molar-refractivity contribution is 0.210. The van der Waals surface area contributed by atoms with Gasteiger partial charge in [0.1, 0.15) is 6.33 Å². The maximum absolute atomic E-state index is 4.99. The van der Waals surface area contributed by atoms with Gasteiger partial charge in [0.05, 0.1) is 6.61 Å². The van der Waals surface area contributed by atoms with E-state index in [0.29, 0.717) is 6.61 Å². The number of methoxy groups -OCH3 is 1. The molecule has 0 radical (unpaired) electrons. The van der Waals surface area contributed by atoms with E-state index in [4.69, 9.17) is 4.74 Å². The Hall–Kier alpha value is -1.89. The van der Waals surface area contributed by atoms with Crippen molar-refractivity contribution in [2.75, 3.05) is 25.6 Å². The van der Waals surface area contributed by atoms with Crippen molar-refractivity contribution in [2.24, 2.45) is 7.05 Å². The zero-order valence-electron chi connectivity index (χ0n) is 10.7. The van der Waals surface area contributed by atoms with E-state index in [2.05, 4.69) is 20.4 Å². The number of anilines is 1. The first-order valence-corrected chi connectivity index (χ1v) is 5.88. The molecule has 0 atom stereocenters. The zero-order chi connectivity index (χ0) is 12.8. The van der Waals surface area contributed by atoms with Gasteiger partial charge in [-0.2, -0.15) is 5.10 Å². The van der Waals surface area contributed by atoms with Gasteiger partial charge in [-0.25, -0.2) is 9.97 Å². The van der Waals surface area contributed by atoms with Crippen molar-refractivity contribution in [2.45, 2.75) is 13.0 Å². The molecule has 2 aromatic rings. The van der Waals surface area contributed by atoms with Crippen LogP contribution < -0.4 is 5.32 Å². The molecule has 0 unspecified atom stereocenters.